The minimum atomic E-state index is -0.286. The summed E-state index contributed by atoms with van der Waals surface area (Å²) in [5.74, 6) is 0.908. The molecular weight excluding hydrogens is 348 g/mol. The Kier molecular flexibility index (Phi) is 4.54. The van der Waals surface area contributed by atoms with Crippen LogP contribution in [-0.4, -0.2) is 21.9 Å². The van der Waals surface area contributed by atoms with Gasteiger partial charge in [0, 0.05) is 28.4 Å². The van der Waals surface area contributed by atoms with Crippen molar-refractivity contribution in [3.05, 3.63) is 71.4 Å². The monoisotopic (exact) mass is 364 g/mol. The number of carbonyl (C=O) groups is 1. The number of amides is 1. The number of hydrogen-bond donors (Lipinski definition) is 2. The molecule has 1 aliphatic rings. The van der Waals surface area contributed by atoms with Gasteiger partial charge >= 0.3 is 0 Å². The fraction of sp³-hybridized carbons (Fsp3) is 0.150. The summed E-state index contributed by atoms with van der Waals surface area (Å²) in [7, 11) is 0. The molecule has 1 fully saturated rings. The Morgan fingerprint density at radius 2 is 1.73 bits per heavy atom. The minimum Gasteiger partial charge on any atom is -0.367 e. The van der Waals surface area contributed by atoms with E-state index in [-0.39, 0.29) is 5.91 Å². The van der Waals surface area contributed by atoms with Crippen LogP contribution in [0.2, 0.25) is 5.02 Å². The molecule has 1 amide bonds. The van der Waals surface area contributed by atoms with Crippen molar-refractivity contribution < 1.29 is 4.79 Å². The first-order valence-corrected chi connectivity index (χ1v) is 8.83. The molecule has 0 atom stereocenters. The quantitative estimate of drug-likeness (QED) is 0.693. The van der Waals surface area contributed by atoms with E-state index in [1.54, 1.807) is 30.3 Å². The molecule has 0 aliphatic heterocycles. The zero-order valence-electron chi connectivity index (χ0n) is 13.9. The highest BCUT2D eigenvalue weighted by atomic mass is 35.5. The van der Waals surface area contributed by atoms with Crippen molar-refractivity contribution in [1.82, 2.24) is 9.97 Å². The number of rotatable bonds is 5. The predicted octanol–water partition coefficient (Wildman–Crippen LogP) is 4.62. The van der Waals surface area contributed by atoms with E-state index in [1.807, 2.05) is 30.3 Å². The van der Waals surface area contributed by atoms with Crippen LogP contribution in [0, 0.1) is 0 Å². The molecule has 3 aromatic rings. The number of nitrogens with zero attached hydrogens (tertiary/aromatic N) is 2. The first kappa shape index (κ1) is 16.5. The summed E-state index contributed by atoms with van der Waals surface area (Å²) < 4.78 is 0. The molecule has 0 radical (unpaired) electrons. The van der Waals surface area contributed by atoms with Crippen LogP contribution in [0.25, 0.3) is 11.4 Å². The van der Waals surface area contributed by atoms with Gasteiger partial charge in [-0.05, 0) is 37.1 Å². The van der Waals surface area contributed by atoms with Gasteiger partial charge in [0.05, 0.1) is 0 Å². The molecule has 0 unspecified atom stereocenters. The largest absolute Gasteiger partial charge is 0.367 e. The maximum atomic E-state index is 12.7. The number of carbonyl (C=O) groups excluding carboxylic acids is 1. The van der Waals surface area contributed by atoms with E-state index in [1.165, 1.54) is 0 Å². The molecule has 1 heterocycles. The molecule has 0 saturated heterocycles. The maximum Gasteiger partial charge on any atom is 0.274 e. The van der Waals surface area contributed by atoms with Gasteiger partial charge in [0.2, 0.25) is 0 Å². The number of halogens is 1. The van der Waals surface area contributed by atoms with E-state index in [4.69, 9.17) is 11.6 Å². The van der Waals surface area contributed by atoms with Gasteiger partial charge in [-0.3, -0.25) is 4.79 Å². The van der Waals surface area contributed by atoms with Crippen LogP contribution in [0.15, 0.2) is 60.7 Å². The Morgan fingerprint density at radius 3 is 2.42 bits per heavy atom. The van der Waals surface area contributed by atoms with Crippen LogP contribution in [0.3, 0.4) is 0 Å². The molecule has 1 aliphatic carbocycles. The highest BCUT2D eigenvalue weighted by Gasteiger charge is 2.22. The van der Waals surface area contributed by atoms with Crippen LogP contribution in [-0.2, 0) is 0 Å². The van der Waals surface area contributed by atoms with Gasteiger partial charge in [-0.2, -0.15) is 0 Å². The van der Waals surface area contributed by atoms with Crippen molar-refractivity contribution in [1.29, 1.82) is 0 Å². The number of aromatic nitrogens is 2. The molecular formula is C20H17ClN4O. The fourth-order valence-electron chi connectivity index (χ4n) is 2.52. The average Bonchev–Trinajstić information content (AvgIpc) is 3.48. The van der Waals surface area contributed by atoms with E-state index >= 15 is 0 Å². The zero-order valence-corrected chi connectivity index (χ0v) is 14.7. The lowest BCUT2D eigenvalue weighted by Crippen LogP contribution is -2.16. The van der Waals surface area contributed by atoms with Crippen LogP contribution in [0.5, 0.6) is 0 Å². The van der Waals surface area contributed by atoms with Gasteiger partial charge in [-0.25, -0.2) is 9.97 Å². The van der Waals surface area contributed by atoms with E-state index in [9.17, 15) is 4.79 Å². The second-order valence-electron chi connectivity index (χ2n) is 6.21. The Labute approximate surface area is 156 Å². The second-order valence-corrected chi connectivity index (χ2v) is 6.64. The van der Waals surface area contributed by atoms with Crippen LogP contribution < -0.4 is 10.6 Å². The number of benzene rings is 2. The minimum absolute atomic E-state index is 0.286. The molecule has 1 aromatic heterocycles. The summed E-state index contributed by atoms with van der Waals surface area (Å²) in [5, 5.41) is 6.81. The van der Waals surface area contributed by atoms with Gasteiger partial charge < -0.3 is 10.6 Å². The van der Waals surface area contributed by atoms with Crippen LogP contribution in [0.4, 0.5) is 11.5 Å². The van der Waals surface area contributed by atoms with Crippen molar-refractivity contribution in [3.8, 4) is 11.4 Å². The summed E-state index contributed by atoms with van der Waals surface area (Å²) in [5.41, 5.74) is 1.85. The third-order valence-electron chi connectivity index (χ3n) is 4.02. The molecule has 26 heavy (non-hydrogen) atoms. The maximum absolute atomic E-state index is 12.7. The lowest BCUT2D eigenvalue weighted by molar-refractivity contribution is 0.102. The lowest BCUT2D eigenvalue weighted by Gasteiger charge is -2.10. The average molecular weight is 365 g/mol. The third kappa shape index (κ3) is 4.00. The van der Waals surface area contributed by atoms with Gasteiger partial charge in [0.1, 0.15) is 11.5 Å². The van der Waals surface area contributed by atoms with Crippen molar-refractivity contribution in [2.24, 2.45) is 0 Å². The molecule has 2 N–H and O–H groups in total. The number of hydrogen-bond acceptors (Lipinski definition) is 4. The molecule has 130 valence electrons. The zero-order chi connectivity index (χ0) is 17.9. The number of nitrogens with one attached hydrogen (secondary N) is 2. The molecule has 6 heteroatoms. The summed E-state index contributed by atoms with van der Waals surface area (Å²) in [6, 6.07) is 18.7. The van der Waals surface area contributed by atoms with Crippen LogP contribution in [0.1, 0.15) is 23.3 Å². The summed E-state index contributed by atoms with van der Waals surface area (Å²) in [6.07, 6.45) is 2.24. The Hall–Kier alpha value is -2.92. The summed E-state index contributed by atoms with van der Waals surface area (Å²) >= 11 is 5.89. The van der Waals surface area contributed by atoms with Crippen molar-refractivity contribution in [3.63, 3.8) is 0 Å². The first-order chi connectivity index (χ1) is 12.7. The van der Waals surface area contributed by atoms with E-state index in [0.717, 1.165) is 18.4 Å². The van der Waals surface area contributed by atoms with E-state index in [0.29, 0.717) is 34.1 Å². The van der Waals surface area contributed by atoms with Crippen molar-refractivity contribution in [2.75, 3.05) is 10.6 Å². The standard InChI is InChI=1S/C20H17ClN4O/c21-14-6-8-16(9-7-14)23-20(26)17-12-18(22-15-10-11-15)25-19(24-17)13-4-2-1-3-5-13/h1-9,12,15H,10-11H2,(H,23,26)(H,22,24,25). The highest BCUT2D eigenvalue weighted by Crippen LogP contribution is 2.26. The highest BCUT2D eigenvalue weighted by molar-refractivity contribution is 6.30. The predicted molar refractivity (Wildman–Crippen MR) is 104 cm³/mol. The summed E-state index contributed by atoms with van der Waals surface area (Å²) in [6.45, 7) is 0. The van der Waals surface area contributed by atoms with E-state index < -0.39 is 0 Å². The van der Waals surface area contributed by atoms with Gasteiger partial charge in [0.15, 0.2) is 5.82 Å². The summed E-state index contributed by atoms with van der Waals surface area (Å²) in [4.78, 5) is 21.7. The number of anilines is 2. The van der Waals surface area contributed by atoms with Crippen LogP contribution >= 0.6 is 11.6 Å². The Morgan fingerprint density at radius 1 is 1.00 bits per heavy atom. The van der Waals surface area contributed by atoms with E-state index in [2.05, 4.69) is 20.6 Å². The fourth-order valence-corrected chi connectivity index (χ4v) is 2.64. The molecule has 5 nitrogen and oxygen atoms in total. The first-order valence-electron chi connectivity index (χ1n) is 8.45. The topological polar surface area (TPSA) is 66.9 Å². The van der Waals surface area contributed by atoms with Gasteiger partial charge in [-0.1, -0.05) is 41.9 Å². The van der Waals surface area contributed by atoms with Gasteiger partial charge in [-0.15, -0.1) is 0 Å². The third-order valence-corrected chi connectivity index (χ3v) is 4.27. The SMILES string of the molecule is O=C(Nc1ccc(Cl)cc1)c1cc(NC2CC2)nc(-c2ccccc2)n1. The normalized spacial score (nSPS) is 13.3. The second kappa shape index (κ2) is 7.14. The molecule has 1 saturated carbocycles. The Balaban J connectivity index is 1.65. The van der Waals surface area contributed by atoms with Gasteiger partial charge in [0.25, 0.3) is 5.91 Å². The molecule has 0 spiro atoms. The smallest absolute Gasteiger partial charge is 0.274 e. The molecule has 4 rings (SSSR count). The lowest BCUT2D eigenvalue weighted by atomic mass is 10.2. The Bertz CT molecular complexity index is 924. The van der Waals surface area contributed by atoms with Crippen molar-refractivity contribution >= 4 is 29.0 Å². The molecule has 2 aromatic carbocycles. The van der Waals surface area contributed by atoms with Crippen molar-refractivity contribution in [2.45, 2.75) is 18.9 Å². The molecule has 0 bridgehead atoms.